The summed E-state index contributed by atoms with van der Waals surface area (Å²) in [4.78, 5) is 9.17. The third kappa shape index (κ3) is 3.96. The Morgan fingerprint density at radius 1 is 0.618 bits per heavy atom. The zero-order valence-electron chi connectivity index (χ0n) is 18.1. The van der Waals surface area contributed by atoms with E-state index in [-0.39, 0.29) is 11.5 Å². The number of hydrogen-bond acceptors (Lipinski definition) is 5. The molecule has 0 unspecified atom stereocenters. The van der Waals surface area contributed by atoms with Crippen LogP contribution in [0.25, 0.3) is 21.5 Å². The van der Waals surface area contributed by atoms with Crippen LogP contribution in [0.15, 0.2) is 101 Å². The number of aliphatic imine (C=N–C) groups is 2. The minimum Gasteiger partial charge on any atom is -0.507 e. The topological polar surface area (TPSA) is 89.0 Å². The van der Waals surface area contributed by atoms with Gasteiger partial charge in [-0.1, -0.05) is 60.7 Å². The molecular formula is C29H19N3O2. The monoisotopic (exact) mass is 441 g/mol. The molecule has 0 aromatic heterocycles. The Balaban J connectivity index is 1.59. The van der Waals surface area contributed by atoms with E-state index in [0.29, 0.717) is 28.1 Å². The van der Waals surface area contributed by atoms with Crippen LogP contribution in [0.4, 0.5) is 11.4 Å². The zero-order chi connectivity index (χ0) is 23.5. The first kappa shape index (κ1) is 20.9. The highest BCUT2D eigenvalue weighted by Gasteiger charge is 2.08. The maximum Gasteiger partial charge on any atom is 0.124 e. The molecule has 0 saturated carbocycles. The molecule has 0 atom stereocenters. The first-order valence-corrected chi connectivity index (χ1v) is 10.7. The number of phenols is 2. The summed E-state index contributed by atoms with van der Waals surface area (Å²) < 4.78 is 0. The fourth-order valence-corrected chi connectivity index (χ4v) is 3.91. The van der Waals surface area contributed by atoms with Crippen LogP contribution in [0.3, 0.4) is 0 Å². The second-order valence-electron chi connectivity index (χ2n) is 7.77. The van der Waals surface area contributed by atoms with Gasteiger partial charge < -0.3 is 10.2 Å². The molecule has 5 rings (SSSR count). The number of fused-ring (bicyclic) bond motifs is 2. The van der Waals surface area contributed by atoms with Crippen molar-refractivity contribution in [3.05, 3.63) is 108 Å². The summed E-state index contributed by atoms with van der Waals surface area (Å²) >= 11 is 0. The number of rotatable bonds is 4. The van der Waals surface area contributed by atoms with E-state index in [1.807, 2.05) is 60.7 Å². The Bertz CT molecular complexity index is 1650. The van der Waals surface area contributed by atoms with Crippen LogP contribution >= 0.6 is 0 Å². The van der Waals surface area contributed by atoms with Gasteiger partial charge in [-0.2, -0.15) is 5.26 Å². The first-order valence-electron chi connectivity index (χ1n) is 10.7. The molecule has 0 amide bonds. The van der Waals surface area contributed by atoms with Crippen LogP contribution in [0.2, 0.25) is 0 Å². The van der Waals surface area contributed by atoms with Gasteiger partial charge in [0.15, 0.2) is 0 Å². The summed E-state index contributed by atoms with van der Waals surface area (Å²) in [7, 11) is 0. The number of nitrogens with zero attached hydrogens (tertiary/aromatic N) is 3. The molecule has 5 aromatic carbocycles. The molecule has 0 aliphatic rings. The van der Waals surface area contributed by atoms with Crippen molar-refractivity contribution in [3.8, 4) is 17.6 Å². The highest BCUT2D eigenvalue weighted by atomic mass is 16.3. The van der Waals surface area contributed by atoms with Crippen molar-refractivity contribution >= 4 is 45.3 Å². The Hall–Kier alpha value is -4.95. The normalized spacial score (nSPS) is 11.5. The summed E-state index contributed by atoms with van der Waals surface area (Å²) in [6.07, 6.45) is 3.19. The Labute approximate surface area is 196 Å². The van der Waals surface area contributed by atoms with E-state index in [1.165, 1.54) is 0 Å². The van der Waals surface area contributed by atoms with Gasteiger partial charge in [0.2, 0.25) is 0 Å². The number of phenolic OH excluding ortho intramolecular Hbond substituents is 2. The lowest BCUT2D eigenvalue weighted by Crippen LogP contribution is -1.87. The molecule has 0 saturated heterocycles. The first-order chi connectivity index (χ1) is 16.6. The number of nitriles is 1. The SMILES string of the molecule is N#Cc1ccc(N=Cc2c(O)ccc3ccccc23)c(N=Cc2c(O)ccc3ccccc23)c1. The molecule has 0 aliphatic heterocycles. The Morgan fingerprint density at radius 3 is 1.71 bits per heavy atom. The zero-order valence-corrected chi connectivity index (χ0v) is 18.1. The van der Waals surface area contributed by atoms with E-state index < -0.39 is 0 Å². The van der Waals surface area contributed by atoms with Crippen LogP contribution in [-0.4, -0.2) is 22.6 Å². The van der Waals surface area contributed by atoms with Crippen molar-refractivity contribution in [2.45, 2.75) is 0 Å². The predicted molar refractivity (Wildman–Crippen MR) is 137 cm³/mol. The lowest BCUT2D eigenvalue weighted by Gasteiger charge is -2.07. The van der Waals surface area contributed by atoms with Gasteiger partial charge in [-0.25, -0.2) is 0 Å². The van der Waals surface area contributed by atoms with Crippen molar-refractivity contribution in [1.82, 2.24) is 0 Å². The lowest BCUT2D eigenvalue weighted by atomic mass is 10.0. The van der Waals surface area contributed by atoms with E-state index in [9.17, 15) is 15.5 Å². The Kier molecular flexibility index (Phi) is 5.47. The molecule has 5 aromatic rings. The van der Waals surface area contributed by atoms with Crippen LogP contribution < -0.4 is 0 Å². The molecule has 34 heavy (non-hydrogen) atoms. The fourth-order valence-electron chi connectivity index (χ4n) is 3.91. The average molecular weight is 441 g/mol. The number of hydrogen-bond donors (Lipinski definition) is 2. The molecule has 162 valence electrons. The van der Waals surface area contributed by atoms with Crippen molar-refractivity contribution in [2.75, 3.05) is 0 Å². The van der Waals surface area contributed by atoms with E-state index in [0.717, 1.165) is 21.5 Å². The number of benzene rings is 5. The van der Waals surface area contributed by atoms with Gasteiger partial charge in [0.25, 0.3) is 0 Å². The van der Waals surface area contributed by atoms with E-state index in [1.54, 1.807) is 42.8 Å². The van der Waals surface area contributed by atoms with Crippen LogP contribution in [-0.2, 0) is 0 Å². The molecule has 0 spiro atoms. The second-order valence-corrected chi connectivity index (χ2v) is 7.77. The Morgan fingerprint density at radius 2 is 1.15 bits per heavy atom. The third-order valence-electron chi connectivity index (χ3n) is 5.67. The van der Waals surface area contributed by atoms with Crippen LogP contribution in [0.1, 0.15) is 16.7 Å². The van der Waals surface area contributed by atoms with Gasteiger partial charge in [-0.3, -0.25) is 9.98 Å². The van der Waals surface area contributed by atoms with E-state index >= 15 is 0 Å². The van der Waals surface area contributed by atoms with Crippen molar-refractivity contribution in [2.24, 2.45) is 9.98 Å². The van der Waals surface area contributed by atoms with Gasteiger partial charge >= 0.3 is 0 Å². The number of aromatic hydroxyl groups is 2. The highest BCUT2D eigenvalue weighted by molar-refractivity contribution is 6.04. The van der Waals surface area contributed by atoms with Gasteiger partial charge in [-0.15, -0.1) is 0 Å². The second kappa shape index (κ2) is 8.89. The molecule has 5 nitrogen and oxygen atoms in total. The summed E-state index contributed by atoms with van der Waals surface area (Å²) in [5.74, 6) is 0.242. The average Bonchev–Trinajstić information content (AvgIpc) is 2.88. The van der Waals surface area contributed by atoms with E-state index in [4.69, 9.17) is 0 Å². The van der Waals surface area contributed by atoms with Gasteiger partial charge in [0.05, 0.1) is 23.0 Å². The highest BCUT2D eigenvalue weighted by Crippen LogP contribution is 2.32. The quantitative estimate of drug-likeness (QED) is 0.301. The van der Waals surface area contributed by atoms with Crippen molar-refractivity contribution < 1.29 is 10.2 Å². The molecule has 0 heterocycles. The van der Waals surface area contributed by atoms with Crippen molar-refractivity contribution in [3.63, 3.8) is 0 Å². The van der Waals surface area contributed by atoms with Crippen LogP contribution in [0.5, 0.6) is 11.5 Å². The molecule has 0 aliphatic carbocycles. The van der Waals surface area contributed by atoms with Gasteiger partial charge in [0, 0.05) is 23.6 Å². The molecule has 5 heteroatoms. The molecule has 0 bridgehead atoms. The standard InChI is InChI=1S/C29H19N3O2/c30-16-19-9-12-26(31-17-24-22-7-3-1-5-20(22)10-13-28(24)33)27(15-19)32-18-25-23-8-4-2-6-21(23)11-14-29(25)34/h1-15,17-18,33-34H. The van der Waals surface area contributed by atoms with Crippen molar-refractivity contribution in [1.29, 1.82) is 5.26 Å². The predicted octanol–water partition coefficient (Wildman–Crippen LogP) is 6.78. The lowest BCUT2D eigenvalue weighted by molar-refractivity contribution is 0.475. The molecule has 2 N–H and O–H groups in total. The third-order valence-corrected chi connectivity index (χ3v) is 5.67. The minimum atomic E-state index is 0.115. The summed E-state index contributed by atoms with van der Waals surface area (Å²) in [5.41, 5.74) is 2.64. The summed E-state index contributed by atoms with van der Waals surface area (Å²) in [6, 6.07) is 29.6. The molecule has 0 radical (unpaired) electrons. The molecular weight excluding hydrogens is 422 g/mol. The van der Waals surface area contributed by atoms with Gasteiger partial charge in [0.1, 0.15) is 11.5 Å². The van der Waals surface area contributed by atoms with Gasteiger partial charge in [-0.05, 0) is 51.9 Å². The van der Waals surface area contributed by atoms with Crippen LogP contribution in [0, 0.1) is 11.3 Å². The smallest absolute Gasteiger partial charge is 0.124 e. The van der Waals surface area contributed by atoms with E-state index in [2.05, 4.69) is 16.1 Å². The fraction of sp³-hybridized carbons (Fsp3) is 0. The molecule has 0 fully saturated rings. The maximum atomic E-state index is 10.4. The summed E-state index contributed by atoms with van der Waals surface area (Å²) in [6.45, 7) is 0. The maximum absolute atomic E-state index is 10.4. The largest absolute Gasteiger partial charge is 0.507 e. The summed E-state index contributed by atoms with van der Waals surface area (Å²) in [5, 5.41) is 34.0. The minimum absolute atomic E-state index is 0.115.